The highest BCUT2D eigenvalue weighted by molar-refractivity contribution is 6.30. The number of ether oxygens (including phenoxy) is 3. The summed E-state index contributed by atoms with van der Waals surface area (Å²) in [6.07, 6.45) is 8.43. The van der Waals surface area contributed by atoms with Gasteiger partial charge in [-0.2, -0.15) is 0 Å². The number of pyridine rings is 1. The predicted molar refractivity (Wildman–Crippen MR) is 193 cm³/mol. The summed E-state index contributed by atoms with van der Waals surface area (Å²) in [6, 6.07) is 10.5. The number of halogens is 1. The topological polar surface area (TPSA) is 99.7 Å². The molecule has 2 unspecified atom stereocenters. The van der Waals surface area contributed by atoms with Crippen molar-refractivity contribution in [2.24, 2.45) is 5.92 Å². The van der Waals surface area contributed by atoms with Gasteiger partial charge in [0.05, 0.1) is 31.0 Å². The highest BCUT2D eigenvalue weighted by Gasteiger charge is 2.44. The first-order valence-electron chi connectivity index (χ1n) is 19.3. The normalized spacial score (nSPS) is 28.7. The van der Waals surface area contributed by atoms with Gasteiger partial charge in [-0.3, -0.25) is 19.6 Å². The van der Waals surface area contributed by atoms with Crippen LogP contribution in [0.3, 0.4) is 0 Å². The van der Waals surface area contributed by atoms with Gasteiger partial charge in [0.1, 0.15) is 6.10 Å². The van der Waals surface area contributed by atoms with Crippen LogP contribution in [0.5, 0.6) is 0 Å². The van der Waals surface area contributed by atoms with Gasteiger partial charge in [-0.15, -0.1) is 0 Å². The van der Waals surface area contributed by atoms with Gasteiger partial charge in [0.25, 0.3) is 0 Å². The van der Waals surface area contributed by atoms with Gasteiger partial charge in [0.2, 0.25) is 5.91 Å². The van der Waals surface area contributed by atoms with Crippen LogP contribution in [0, 0.1) is 5.92 Å². The zero-order chi connectivity index (χ0) is 35.0. The Morgan fingerprint density at radius 3 is 2.65 bits per heavy atom. The van der Waals surface area contributed by atoms with Crippen LogP contribution in [0.4, 0.5) is 4.79 Å². The number of piperazine rings is 1. The summed E-state index contributed by atoms with van der Waals surface area (Å²) in [4.78, 5) is 42.0. The highest BCUT2D eigenvalue weighted by Crippen LogP contribution is 2.39. The van der Waals surface area contributed by atoms with Crippen molar-refractivity contribution < 1.29 is 23.8 Å². The number of likely N-dealkylation sites (tertiary alicyclic amines) is 1. The fourth-order valence-electron chi connectivity index (χ4n) is 9.50. The third-order valence-electron chi connectivity index (χ3n) is 12.1. The standard InChI is InChI=1S/C39H53ClN6O5/c1-27-22-43(26-42-27)23-28-4-3-15-44(24-28)35(47)21-32-25-45(16-17-46(32)38(48)51-33-10-12-39(13-11-33)49-18-19-50-39)37-34-9-8-31(40)20-30(34)7-6-29-5-2-14-41-36(29)37/h2,5,8-9,14,20,27-28,32-33,37,42H,3-4,6-7,10-13,15-19,21-26H2,1H3/t27?,28?,32-,37-/m0/s1. The maximum atomic E-state index is 14.2. The summed E-state index contributed by atoms with van der Waals surface area (Å²) in [5.74, 6) is 0.0695. The van der Waals surface area contributed by atoms with Crippen molar-refractivity contribution in [3.8, 4) is 0 Å². The Bertz CT molecular complexity index is 1560. The van der Waals surface area contributed by atoms with E-state index < -0.39 is 5.79 Å². The zero-order valence-corrected chi connectivity index (χ0v) is 30.7. The number of nitrogens with zero attached hydrogens (tertiary/aromatic N) is 5. The average Bonchev–Trinajstić information content (AvgIpc) is 3.73. The average molecular weight is 721 g/mol. The molecule has 2 aromatic rings. The van der Waals surface area contributed by atoms with Crippen molar-refractivity contribution in [3.05, 3.63) is 63.9 Å². The quantitative estimate of drug-likeness (QED) is 0.459. The number of piperidine rings is 1. The molecular weight excluding hydrogens is 668 g/mol. The molecule has 51 heavy (non-hydrogen) atoms. The third kappa shape index (κ3) is 7.80. The Morgan fingerprint density at radius 2 is 1.84 bits per heavy atom. The lowest BCUT2D eigenvalue weighted by Gasteiger charge is -2.45. The van der Waals surface area contributed by atoms with E-state index in [9.17, 15) is 9.59 Å². The number of nitrogens with one attached hydrogen (secondary N) is 1. The Kier molecular flexibility index (Phi) is 10.6. The first kappa shape index (κ1) is 35.2. The van der Waals surface area contributed by atoms with Gasteiger partial charge in [-0.05, 0) is 86.3 Å². The van der Waals surface area contributed by atoms with Crippen LogP contribution in [0.25, 0.3) is 0 Å². The number of hydrogen-bond acceptors (Lipinski definition) is 9. The van der Waals surface area contributed by atoms with Gasteiger partial charge in [-0.25, -0.2) is 4.79 Å². The van der Waals surface area contributed by atoms with E-state index in [1.54, 1.807) is 0 Å². The Hall–Kier alpha value is -2.80. The molecule has 0 radical (unpaired) electrons. The van der Waals surface area contributed by atoms with Gasteiger partial charge in [-0.1, -0.05) is 23.7 Å². The van der Waals surface area contributed by atoms with Crippen LogP contribution < -0.4 is 5.32 Å². The molecule has 1 spiro atoms. The molecule has 4 aliphatic heterocycles. The molecule has 0 bridgehead atoms. The molecule has 276 valence electrons. The highest BCUT2D eigenvalue weighted by atomic mass is 35.5. The molecule has 1 aromatic carbocycles. The smallest absolute Gasteiger partial charge is 0.410 e. The molecule has 2 aliphatic carbocycles. The number of hydrogen-bond donors (Lipinski definition) is 1. The Morgan fingerprint density at radius 1 is 1.02 bits per heavy atom. The molecule has 4 saturated heterocycles. The molecule has 11 nitrogen and oxygen atoms in total. The van der Waals surface area contributed by atoms with Gasteiger partial charge < -0.3 is 29.3 Å². The second kappa shape index (κ2) is 15.3. The van der Waals surface area contributed by atoms with Crippen LogP contribution >= 0.6 is 11.6 Å². The largest absolute Gasteiger partial charge is 0.446 e. The van der Waals surface area contributed by atoms with Gasteiger partial charge in [0.15, 0.2) is 5.79 Å². The number of carbonyl (C=O) groups is 2. The maximum Gasteiger partial charge on any atom is 0.410 e. The Balaban J connectivity index is 1.01. The van der Waals surface area contributed by atoms with E-state index in [0.29, 0.717) is 57.6 Å². The third-order valence-corrected chi connectivity index (χ3v) is 12.4. The Labute approximate surface area is 306 Å². The zero-order valence-electron chi connectivity index (χ0n) is 29.9. The van der Waals surface area contributed by atoms with Crippen LogP contribution in [-0.4, -0.2) is 126 Å². The number of aryl methyl sites for hydroxylation is 2. The number of aromatic nitrogens is 1. The number of benzene rings is 1. The molecule has 8 rings (SSSR count). The molecule has 5 heterocycles. The minimum absolute atomic E-state index is 0.0940. The fraction of sp³-hybridized carbons (Fsp3) is 0.667. The van der Waals surface area contributed by atoms with Crippen molar-refractivity contribution in [1.29, 1.82) is 0 Å². The van der Waals surface area contributed by atoms with Crippen molar-refractivity contribution >= 4 is 23.6 Å². The summed E-state index contributed by atoms with van der Waals surface area (Å²) in [5.41, 5.74) is 4.72. The summed E-state index contributed by atoms with van der Waals surface area (Å²) in [5, 5.41) is 4.26. The van der Waals surface area contributed by atoms with Crippen LogP contribution in [0.15, 0.2) is 36.5 Å². The van der Waals surface area contributed by atoms with E-state index in [1.807, 2.05) is 23.2 Å². The van der Waals surface area contributed by atoms with Gasteiger partial charge in [0, 0.05) is 89.0 Å². The SMILES string of the molecule is CC1CN(CC2CCCN(C(=O)C[C@H]3CN([C@H]4c5ccc(Cl)cc5CCc5cccnc54)CCN3C(=O)OC3CCC4(CC3)OCCO4)C2)CN1. The molecule has 1 aromatic heterocycles. The summed E-state index contributed by atoms with van der Waals surface area (Å²) < 4.78 is 18.0. The van der Waals surface area contributed by atoms with Crippen LogP contribution in [0.2, 0.25) is 5.02 Å². The van der Waals surface area contributed by atoms with Crippen molar-refractivity contribution in [1.82, 2.24) is 29.9 Å². The lowest BCUT2D eigenvalue weighted by Crippen LogP contribution is -2.58. The van der Waals surface area contributed by atoms with E-state index in [2.05, 4.69) is 45.1 Å². The summed E-state index contributed by atoms with van der Waals surface area (Å²) in [6.45, 7) is 9.65. The summed E-state index contributed by atoms with van der Waals surface area (Å²) >= 11 is 6.51. The van der Waals surface area contributed by atoms with Gasteiger partial charge >= 0.3 is 6.09 Å². The molecule has 12 heteroatoms. The molecule has 2 amide bonds. The number of fused-ring (bicyclic) bond motifs is 2. The van der Waals surface area contributed by atoms with E-state index in [-0.39, 0.29) is 36.6 Å². The number of carbonyl (C=O) groups excluding carboxylic acids is 2. The van der Waals surface area contributed by atoms with E-state index >= 15 is 0 Å². The minimum atomic E-state index is -0.511. The predicted octanol–water partition coefficient (Wildman–Crippen LogP) is 4.61. The summed E-state index contributed by atoms with van der Waals surface area (Å²) in [7, 11) is 0. The first-order valence-corrected chi connectivity index (χ1v) is 19.6. The number of rotatable bonds is 6. The van der Waals surface area contributed by atoms with Crippen molar-refractivity contribution in [3.63, 3.8) is 0 Å². The molecule has 6 aliphatic rings. The first-order chi connectivity index (χ1) is 24.8. The fourth-order valence-corrected chi connectivity index (χ4v) is 9.70. The lowest BCUT2D eigenvalue weighted by atomic mass is 9.92. The molecule has 4 atom stereocenters. The van der Waals surface area contributed by atoms with E-state index in [4.69, 9.17) is 30.8 Å². The maximum absolute atomic E-state index is 14.2. The lowest BCUT2D eigenvalue weighted by molar-refractivity contribution is -0.188. The molecular formula is C39H53ClN6O5. The van der Waals surface area contributed by atoms with E-state index in [1.165, 1.54) is 16.7 Å². The van der Waals surface area contributed by atoms with E-state index in [0.717, 1.165) is 82.1 Å². The van der Waals surface area contributed by atoms with Crippen LogP contribution in [0.1, 0.15) is 80.3 Å². The number of amides is 2. The molecule has 5 fully saturated rings. The second-order valence-corrected chi connectivity index (χ2v) is 16.1. The second-order valence-electron chi connectivity index (χ2n) is 15.7. The van der Waals surface area contributed by atoms with Crippen LogP contribution in [-0.2, 0) is 31.8 Å². The molecule has 1 N–H and O–H groups in total. The van der Waals surface area contributed by atoms with Crippen molar-refractivity contribution in [2.75, 3.05) is 65.7 Å². The van der Waals surface area contributed by atoms with Crippen molar-refractivity contribution in [2.45, 2.75) is 94.7 Å². The monoisotopic (exact) mass is 720 g/mol. The molecule has 1 saturated carbocycles. The minimum Gasteiger partial charge on any atom is -0.446 e.